The van der Waals surface area contributed by atoms with E-state index < -0.39 is 24.6 Å². The number of aryl methyl sites for hydroxylation is 2. The first-order valence-corrected chi connectivity index (χ1v) is 10.5. The summed E-state index contributed by atoms with van der Waals surface area (Å²) in [5.74, 6) is -1.19. The third kappa shape index (κ3) is 5.38. The average molecular weight is 453 g/mol. The second-order valence-corrected chi connectivity index (χ2v) is 8.28. The number of carbonyl (C=O) groups excluding carboxylic acids is 1. The molecule has 0 radical (unpaired) electrons. The number of morpholine rings is 1. The first-order chi connectivity index (χ1) is 15.0. The molecular weight excluding hydrogens is 426 g/mol. The summed E-state index contributed by atoms with van der Waals surface area (Å²) in [5.41, 5.74) is 3.07. The van der Waals surface area contributed by atoms with E-state index in [2.05, 4.69) is 10.3 Å². The predicted molar refractivity (Wildman–Crippen MR) is 114 cm³/mol. The van der Waals surface area contributed by atoms with Gasteiger partial charge in [0.15, 0.2) is 11.9 Å². The second kappa shape index (κ2) is 9.44. The largest absolute Gasteiger partial charge is 0.416 e. The standard InChI is InChI=1S/C23H27F4N3O2/c1-13(2)22(31)28-11-18-17(16-9-14(3)29-15(4)10-16)5-6-19(21(18)24)30-7-8-32-20(12-30)23(25,26)27/h5-6,9-10,13,20H,7-8,11-12H2,1-4H3,(H,28,31). The molecule has 0 bridgehead atoms. The van der Waals surface area contributed by atoms with Crippen LogP contribution in [-0.4, -0.2) is 42.9 Å². The lowest BCUT2D eigenvalue weighted by Gasteiger charge is -2.35. The van der Waals surface area contributed by atoms with Gasteiger partial charge in [0, 0.05) is 36.0 Å². The van der Waals surface area contributed by atoms with E-state index in [0.717, 1.165) is 17.0 Å². The highest BCUT2D eigenvalue weighted by molar-refractivity contribution is 5.79. The second-order valence-electron chi connectivity index (χ2n) is 8.28. The number of amides is 1. The van der Waals surface area contributed by atoms with Crippen molar-refractivity contribution in [3.05, 3.63) is 47.0 Å². The lowest BCUT2D eigenvalue weighted by atomic mass is 9.97. The van der Waals surface area contributed by atoms with Gasteiger partial charge >= 0.3 is 6.18 Å². The highest BCUT2D eigenvalue weighted by Gasteiger charge is 2.43. The van der Waals surface area contributed by atoms with Gasteiger partial charge in [0.25, 0.3) is 0 Å². The third-order valence-corrected chi connectivity index (χ3v) is 5.35. The molecule has 1 N–H and O–H groups in total. The van der Waals surface area contributed by atoms with Crippen molar-refractivity contribution in [2.24, 2.45) is 5.92 Å². The number of hydrogen-bond donors (Lipinski definition) is 1. The highest BCUT2D eigenvalue weighted by atomic mass is 19.4. The van der Waals surface area contributed by atoms with Crippen molar-refractivity contribution in [3.63, 3.8) is 0 Å². The minimum absolute atomic E-state index is 0.0580. The molecule has 1 unspecified atom stereocenters. The summed E-state index contributed by atoms with van der Waals surface area (Å²) in [6.45, 7) is 6.50. The molecule has 32 heavy (non-hydrogen) atoms. The van der Waals surface area contributed by atoms with Crippen molar-refractivity contribution in [1.82, 2.24) is 10.3 Å². The Balaban J connectivity index is 2.03. The molecule has 0 aliphatic carbocycles. The summed E-state index contributed by atoms with van der Waals surface area (Å²) in [6.07, 6.45) is -6.51. The van der Waals surface area contributed by atoms with Crippen LogP contribution in [0.15, 0.2) is 24.3 Å². The minimum Gasteiger partial charge on any atom is -0.365 e. The Labute approximate surface area is 184 Å². The molecule has 1 aromatic heterocycles. The number of halogens is 4. The molecular formula is C23H27F4N3O2. The van der Waals surface area contributed by atoms with Crippen molar-refractivity contribution in [2.75, 3.05) is 24.6 Å². The number of carbonyl (C=O) groups is 1. The fourth-order valence-electron chi connectivity index (χ4n) is 3.73. The van der Waals surface area contributed by atoms with E-state index in [-0.39, 0.29) is 42.8 Å². The molecule has 2 aromatic rings. The van der Waals surface area contributed by atoms with Crippen LogP contribution in [0.5, 0.6) is 0 Å². The number of anilines is 1. The van der Waals surface area contributed by atoms with Gasteiger partial charge < -0.3 is 15.0 Å². The Bertz CT molecular complexity index is 972. The van der Waals surface area contributed by atoms with E-state index in [1.54, 1.807) is 19.9 Å². The molecule has 1 fully saturated rings. The van der Waals surface area contributed by atoms with E-state index >= 15 is 4.39 Å². The van der Waals surface area contributed by atoms with Crippen LogP contribution in [-0.2, 0) is 16.1 Å². The zero-order chi connectivity index (χ0) is 23.6. The van der Waals surface area contributed by atoms with Crippen LogP contribution < -0.4 is 10.2 Å². The molecule has 0 saturated carbocycles. The van der Waals surface area contributed by atoms with Crippen molar-refractivity contribution in [1.29, 1.82) is 0 Å². The lowest BCUT2D eigenvalue weighted by molar-refractivity contribution is -0.221. The van der Waals surface area contributed by atoms with Gasteiger partial charge in [-0.1, -0.05) is 19.9 Å². The summed E-state index contributed by atoms with van der Waals surface area (Å²) in [5, 5.41) is 2.72. The Kier molecular flexibility index (Phi) is 7.07. The summed E-state index contributed by atoms with van der Waals surface area (Å²) in [4.78, 5) is 17.8. The van der Waals surface area contributed by atoms with Crippen molar-refractivity contribution < 1.29 is 27.1 Å². The molecule has 1 aliphatic heterocycles. The number of nitrogens with one attached hydrogen (secondary N) is 1. The quantitative estimate of drug-likeness (QED) is 0.676. The number of nitrogens with zero attached hydrogens (tertiary/aromatic N) is 2. The first-order valence-electron chi connectivity index (χ1n) is 10.5. The van der Waals surface area contributed by atoms with E-state index in [0.29, 0.717) is 5.56 Å². The van der Waals surface area contributed by atoms with Gasteiger partial charge in [-0.25, -0.2) is 4.39 Å². The molecule has 1 aliphatic rings. The van der Waals surface area contributed by atoms with E-state index in [9.17, 15) is 18.0 Å². The van der Waals surface area contributed by atoms with Crippen molar-refractivity contribution >= 4 is 11.6 Å². The molecule has 9 heteroatoms. The van der Waals surface area contributed by atoms with Gasteiger partial charge in [0.05, 0.1) is 18.8 Å². The Morgan fingerprint density at radius 2 is 1.91 bits per heavy atom. The monoisotopic (exact) mass is 453 g/mol. The van der Waals surface area contributed by atoms with Crippen LogP contribution in [0.1, 0.15) is 30.8 Å². The molecule has 1 amide bonds. The van der Waals surface area contributed by atoms with E-state index in [1.165, 1.54) is 11.0 Å². The minimum atomic E-state index is -4.53. The number of alkyl halides is 3. The lowest BCUT2D eigenvalue weighted by Crippen LogP contribution is -2.49. The van der Waals surface area contributed by atoms with Crippen LogP contribution in [0, 0.1) is 25.6 Å². The highest BCUT2D eigenvalue weighted by Crippen LogP contribution is 2.35. The van der Waals surface area contributed by atoms with Crippen LogP contribution in [0.25, 0.3) is 11.1 Å². The predicted octanol–water partition coefficient (Wildman–Crippen LogP) is 4.54. The number of ether oxygens (including phenoxy) is 1. The van der Waals surface area contributed by atoms with Crippen LogP contribution in [0.2, 0.25) is 0 Å². The summed E-state index contributed by atoms with van der Waals surface area (Å²) in [7, 11) is 0. The number of hydrogen-bond acceptors (Lipinski definition) is 4. The molecule has 1 atom stereocenters. The van der Waals surface area contributed by atoms with E-state index in [4.69, 9.17) is 4.74 Å². The molecule has 1 aromatic carbocycles. The molecule has 5 nitrogen and oxygen atoms in total. The fourth-order valence-corrected chi connectivity index (χ4v) is 3.73. The Morgan fingerprint density at radius 1 is 1.25 bits per heavy atom. The topological polar surface area (TPSA) is 54.5 Å². The van der Waals surface area contributed by atoms with Gasteiger partial charge in [0.1, 0.15) is 0 Å². The molecule has 2 heterocycles. The molecule has 0 spiro atoms. The molecule has 3 rings (SSSR count). The van der Waals surface area contributed by atoms with Gasteiger partial charge in [-0.2, -0.15) is 13.2 Å². The number of benzene rings is 1. The van der Waals surface area contributed by atoms with Gasteiger partial charge in [-0.15, -0.1) is 0 Å². The molecule has 174 valence electrons. The number of pyridine rings is 1. The maximum Gasteiger partial charge on any atom is 0.416 e. The van der Waals surface area contributed by atoms with Crippen LogP contribution >= 0.6 is 0 Å². The van der Waals surface area contributed by atoms with E-state index in [1.807, 2.05) is 26.0 Å². The van der Waals surface area contributed by atoms with Gasteiger partial charge in [-0.3, -0.25) is 9.78 Å². The zero-order valence-electron chi connectivity index (χ0n) is 18.5. The van der Waals surface area contributed by atoms with Crippen molar-refractivity contribution in [3.8, 4) is 11.1 Å². The fraction of sp³-hybridized carbons (Fsp3) is 0.478. The summed E-state index contributed by atoms with van der Waals surface area (Å²) < 4.78 is 60.1. The smallest absolute Gasteiger partial charge is 0.365 e. The zero-order valence-corrected chi connectivity index (χ0v) is 18.5. The van der Waals surface area contributed by atoms with Crippen LogP contribution in [0.3, 0.4) is 0 Å². The number of aromatic nitrogens is 1. The molecule has 1 saturated heterocycles. The average Bonchev–Trinajstić information content (AvgIpc) is 2.71. The maximum atomic E-state index is 15.7. The number of rotatable bonds is 5. The SMILES string of the molecule is Cc1cc(-c2ccc(N3CCOC(C(F)(F)F)C3)c(F)c2CNC(=O)C(C)C)cc(C)n1. The van der Waals surface area contributed by atoms with Gasteiger partial charge in [0.2, 0.25) is 5.91 Å². The first kappa shape index (κ1) is 24.0. The Hall–Kier alpha value is -2.68. The Morgan fingerprint density at radius 3 is 2.50 bits per heavy atom. The van der Waals surface area contributed by atoms with Crippen LogP contribution in [0.4, 0.5) is 23.2 Å². The van der Waals surface area contributed by atoms with Crippen molar-refractivity contribution in [2.45, 2.75) is 46.5 Å². The maximum absolute atomic E-state index is 15.7. The normalized spacial score (nSPS) is 17.0. The summed E-state index contributed by atoms with van der Waals surface area (Å²) in [6, 6.07) is 6.79. The van der Waals surface area contributed by atoms with Gasteiger partial charge in [-0.05, 0) is 43.2 Å². The summed E-state index contributed by atoms with van der Waals surface area (Å²) >= 11 is 0. The third-order valence-electron chi connectivity index (χ3n) is 5.35.